The molecule has 0 spiro atoms. The molecular weight excluding hydrogens is 185 g/mol. The van der Waals surface area contributed by atoms with Gasteiger partial charge in [-0.25, -0.2) is 9.18 Å². The number of hydrogen-bond acceptors (Lipinski definition) is 2. The van der Waals surface area contributed by atoms with Crippen LogP contribution >= 0.6 is 0 Å². The fraction of sp³-hybridized carbons (Fsp3) is 0.100. The topological polar surface area (TPSA) is 63.3 Å². The highest BCUT2D eigenvalue weighted by Crippen LogP contribution is 2.10. The van der Waals surface area contributed by atoms with Gasteiger partial charge in [0, 0.05) is 18.2 Å². The van der Waals surface area contributed by atoms with Crippen LogP contribution in [0.4, 0.5) is 4.39 Å². The van der Waals surface area contributed by atoms with E-state index in [-0.39, 0.29) is 6.54 Å². The summed E-state index contributed by atoms with van der Waals surface area (Å²) in [6.45, 7) is 0.134. The summed E-state index contributed by atoms with van der Waals surface area (Å²) in [4.78, 5) is 10.2. The first kappa shape index (κ1) is 10.4. The van der Waals surface area contributed by atoms with E-state index in [4.69, 9.17) is 10.8 Å². The van der Waals surface area contributed by atoms with E-state index in [0.717, 1.165) is 6.08 Å². The molecule has 0 bridgehead atoms. The highest BCUT2D eigenvalue weighted by molar-refractivity contribution is 5.85. The van der Waals surface area contributed by atoms with Gasteiger partial charge in [0.15, 0.2) is 0 Å². The Morgan fingerprint density at radius 2 is 2.29 bits per heavy atom. The minimum Gasteiger partial charge on any atom is -0.478 e. The second kappa shape index (κ2) is 4.53. The lowest BCUT2D eigenvalue weighted by Gasteiger charge is -1.99. The van der Waals surface area contributed by atoms with Crippen LogP contribution in [0.25, 0.3) is 6.08 Å². The van der Waals surface area contributed by atoms with Crippen molar-refractivity contribution in [2.75, 3.05) is 0 Å². The van der Waals surface area contributed by atoms with E-state index in [0.29, 0.717) is 11.1 Å². The summed E-state index contributed by atoms with van der Waals surface area (Å²) in [6.07, 6.45) is 2.28. The molecule has 3 N–H and O–H groups in total. The second-order valence-electron chi connectivity index (χ2n) is 2.73. The normalized spacial score (nSPS) is 10.7. The predicted octanol–water partition coefficient (Wildman–Crippen LogP) is 1.38. The number of carboxylic acids is 1. The van der Waals surface area contributed by atoms with Gasteiger partial charge in [0.1, 0.15) is 5.82 Å². The zero-order valence-corrected chi connectivity index (χ0v) is 7.40. The Labute approximate surface area is 80.7 Å². The van der Waals surface area contributed by atoms with Gasteiger partial charge in [0.25, 0.3) is 0 Å². The van der Waals surface area contributed by atoms with Crippen LogP contribution in [-0.2, 0) is 11.3 Å². The van der Waals surface area contributed by atoms with Crippen LogP contribution < -0.4 is 5.73 Å². The molecule has 74 valence electrons. The zero-order valence-electron chi connectivity index (χ0n) is 7.40. The van der Waals surface area contributed by atoms with E-state index in [1.54, 1.807) is 6.07 Å². The summed E-state index contributed by atoms with van der Waals surface area (Å²) in [5.41, 5.74) is 6.19. The molecule has 14 heavy (non-hydrogen) atoms. The Kier molecular flexibility index (Phi) is 3.36. The number of benzene rings is 1. The smallest absolute Gasteiger partial charge is 0.328 e. The highest BCUT2D eigenvalue weighted by Gasteiger charge is 1.99. The fourth-order valence-electron chi connectivity index (χ4n) is 1.00. The van der Waals surface area contributed by atoms with Gasteiger partial charge in [0.2, 0.25) is 0 Å². The number of hydrogen-bond donors (Lipinski definition) is 2. The first-order valence-corrected chi connectivity index (χ1v) is 4.03. The molecule has 0 aliphatic heterocycles. The van der Waals surface area contributed by atoms with Crippen molar-refractivity contribution in [2.45, 2.75) is 6.54 Å². The predicted molar refractivity (Wildman–Crippen MR) is 51.0 cm³/mol. The minimum absolute atomic E-state index is 0.134. The largest absolute Gasteiger partial charge is 0.478 e. The van der Waals surface area contributed by atoms with E-state index in [1.165, 1.54) is 18.2 Å². The summed E-state index contributed by atoms with van der Waals surface area (Å²) in [7, 11) is 0. The van der Waals surface area contributed by atoms with Crippen LogP contribution in [0, 0.1) is 5.82 Å². The lowest BCUT2D eigenvalue weighted by atomic mass is 10.1. The Bertz CT molecular complexity index is 374. The van der Waals surface area contributed by atoms with Gasteiger partial charge in [-0.2, -0.15) is 0 Å². The quantitative estimate of drug-likeness (QED) is 0.716. The van der Waals surface area contributed by atoms with E-state index in [9.17, 15) is 9.18 Å². The van der Waals surface area contributed by atoms with Crippen LogP contribution in [0.1, 0.15) is 11.1 Å². The average Bonchev–Trinajstić information content (AvgIpc) is 2.15. The molecule has 1 aromatic carbocycles. The molecule has 3 nitrogen and oxygen atoms in total. The molecule has 0 aliphatic carbocycles. The summed E-state index contributed by atoms with van der Waals surface area (Å²) < 4.78 is 13.1. The number of carboxylic acid groups (broad SMARTS) is 1. The average molecular weight is 195 g/mol. The maximum absolute atomic E-state index is 13.1. The summed E-state index contributed by atoms with van der Waals surface area (Å²) in [5, 5.41) is 8.34. The molecule has 0 unspecified atom stereocenters. The first-order chi connectivity index (χ1) is 6.63. The molecule has 0 atom stereocenters. The van der Waals surface area contributed by atoms with Crippen LogP contribution in [0.2, 0.25) is 0 Å². The third kappa shape index (κ3) is 2.67. The minimum atomic E-state index is -1.06. The molecule has 1 aromatic rings. The number of nitrogens with two attached hydrogens (primary N) is 1. The van der Waals surface area contributed by atoms with Crippen molar-refractivity contribution in [2.24, 2.45) is 5.73 Å². The van der Waals surface area contributed by atoms with Crippen molar-refractivity contribution >= 4 is 12.0 Å². The van der Waals surface area contributed by atoms with Crippen LogP contribution in [-0.4, -0.2) is 11.1 Å². The zero-order chi connectivity index (χ0) is 10.6. The van der Waals surface area contributed by atoms with Crippen molar-refractivity contribution < 1.29 is 14.3 Å². The van der Waals surface area contributed by atoms with E-state index in [1.807, 2.05) is 0 Å². The van der Waals surface area contributed by atoms with Crippen molar-refractivity contribution in [3.8, 4) is 0 Å². The Hall–Kier alpha value is -1.68. The van der Waals surface area contributed by atoms with Gasteiger partial charge in [-0.15, -0.1) is 0 Å². The SMILES string of the molecule is NCc1ccc(C=CC(=O)O)cc1F. The molecule has 0 heterocycles. The van der Waals surface area contributed by atoms with Gasteiger partial charge >= 0.3 is 5.97 Å². The maximum atomic E-state index is 13.1. The fourth-order valence-corrected chi connectivity index (χ4v) is 1.00. The van der Waals surface area contributed by atoms with Gasteiger partial charge in [-0.3, -0.25) is 0 Å². The lowest BCUT2D eigenvalue weighted by molar-refractivity contribution is -0.131. The Balaban J connectivity index is 2.91. The summed E-state index contributed by atoms with van der Waals surface area (Å²) in [6, 6.07) is 4.41. The molecular formula is C10H10FNO2. The van der Waals surface area contributed by atoms with Crippen molar-refractivity contribution in [3.63, 3.8) is 0 Å². The maximum Gasteiger partial charge on any atom is 0.328 e. The van der Waals surface area contributed by atoms with E-state index in [2.05, 4.69) is 0 Å². The number of carbonyl (C=O) groups is 1. The first-order valence-electron chi connectivity index (χ1n) is 4.03. The Morgan fingerprint density at radius 1 is 1.57 bits per heavy atom. The molecule has 0 aliphatic rings. The van der Waals surface area contributed by atoms with Gasteiger partial charge in [-0.1, -0.05) is 12.1 Å². The van der Waals surface area contributed by atoms with Crippen molar-refractivity contribution in [1.82, 2.24) is 0 Å². The van der Waals surface area contributed by atoms with E-state index >= 15 is 0 Å². The van der Waals surface area contributed by atoms with Gasteiger partial charge in [0.05, 0.1) is 0 Å². The molecule has 0 fully saturated rings. The lowest BCUT2D eigenvalue weighted by Crippen LogP contribution is -1.99. The standard InChI is InChI=1S/C10H10FNO2/c11-9-5-7(2-4-10(13)14)1-3-8(9)6-12/h1-5H,6,12H2,(H,13,14). The van der Waals surface area contributed by atoms with Crippen LogP contribution in [0.5, 0.6) is 0 Å². The number of halogens is 1. The number of aliphatic carboxylic acids is 1. The summed E-state index contributed by atoms with van der Waals surface area (Å²) >= 11 is 0. The Morgan fingerprint density at radius 3 is 2.79 bits per heavy atom. The third-order valence-corrected chi connectivity index (χ3v) is 1.72. The second-order valence-corrected chi connectivity index (χ2v) is 2.73. The van der Waals surface area contributed by atoms with Crippen LogP contribution in [0.3, 0.4) is 0 Å². The van der Waals surface area contributed by atoms with E-state index < -0.39 is 11.8 Å². The summed E-state index contributed by atoms with van der Waals surface area (Å²) in [5.74, 6) is -1.48. The monoisotopic (exact) mass is 195 g/mol. The van der Waals surface area contributed by atoms with Gasteiger partial charge in [-0.05, 0) is 17.7 Å². The highest BCUT2D eigenvalue weighted by atomic mass is 19.1. The van der Waals surface area contributed by atoms with Crippen molar-refractivity contribution in [3.05, 3.63) is 41.2 Å². The molecule has 1 rings (SSSR count). The molecule has 0 aromatic heterocycles. The van der Waals surface area contributed by atoms with Crippen molar-refractivity contribution in [1.29, 1.82) is 0 Å². The molecule has 4 heteroatoms. The molecule has 0 amide bonds. The van der Waals surface area contributed by atoms with Gasteiger partial charge < -0.3 is 10.8 Å². The number of rotatable bonds is 3. The molecule has 0 saturated heterocycles. The molecule has 0 radical (unpaired) electrons. The van der Waals surface area contributed by atoms with Crippen LogP contribution in [0.15, 0.2) is 24.3 Å². The molecule has 0 saturated carbocycles. The third-order valence-electron chi connectivity index (χ3n) is 1.72.